The number of rotatable bonds is 5. The summed E-state index contributed by atoms with van der Waals surface area (Å²) in [6, 6.07) is 16.9. The molecule has 5 nitrogen and oxygen atoms in total. The van der Waals surface area contributed by atoms with Crippen LogP contribution in [-0.2, 0) is 16.5 Å². The average molecular weight is 362 g/mol. The molecule has 0 atom stereocenters. The quantitative estimate of drug-likeness (QED) is 0.683. The smallest absolute Gasteiger partial charge is 0.147 e. The maximum Gasteiger partial charge on any atom is 0.147 e. The van der Waals surface area contributed by atoms with Crippen molar-refractivity contribution >= 4 is 28.0 Å². The van der Waals surface area contributed by atoms with E-state index in [4.69, 9.17) is 11.6 Å². The second-order valence-corrected chi connectivity index (χ2v) is 6.69. The van der Waals surface area contributed by atoms with E-state index in [2.05, 4.69) is 10.4 Å². The summed E-state index contributed by atoms with van der Waals surface area (Å²) in [6.45, 7) is 1.86. The predicted molar refractivity (Wildman–Crippen MR) is 96.9 cm³/mol. The van der Waals surface area contributed by atoms with Crippen LogP contribution >= 0.6 is 11.6 Å². The predicted octanol–water partition coefficient (Wildman–Crippen LogP) is 3.50. The number of nitrogens with one attached hydrogen (secondary N) is 1. The topological polar surface area (TPSA) is 64.0 Å². The van der Waals surface area contributed by atoms with E-state index in [0.717, 1.165) is 22.6 Å². The Kier molecular flexibility index (Phi) is 4.87. The van der Waals surface area contributed by atoms with Gasteiger partial charge in [-0.2, -0.15) is 0 Å². The number of nitrogens with zero attached hydrogens (tertiary/aromatic N) is 2. The van der Waals surface area contributed by atoms with Gasteiger partial charge in [-0.15, -0.1) is 0 Å². The van der Waals surface area contributed by atoms with Gasteiger partial charge in [-0.05, 0) is 25.1 Å². The summed E-state index contributed by atoms with van der Waals surface area (Å²) in [4.78, 5) is 4.43. The molecule has 0 amide bonds. The van der Waals surface area contributed by atoms with Crippen molar-refractivity contribution in [3.8, 4) is 11.3 Å². The van der Waals surface area contributed by atoms with Crippen LogP contribution in [0.5, 0.6) is 0 Å². The number of halogens is 1. The fraction of sp³-hybridized carbons (Fsp3) is 0.118. The molecule has 2 aromatic carbocycles. The average Bonchev–Trinajstić information content (AvgIpc) is 2.83. The van der Waals surface area contributed by atoms with Crippen molar-refractivity contribution in [2.45, 2.75) is 12.7 Å². The molecule has 0 fully saturated rings. The van der Waals surface area contributed by atoms with Crippen molar-refractivity contribution in [1.82, 2.24) is 9.66 Å². The molecule has 7 heteroatoms. The SMILES string of the molecule is Cc1nc(C[SH](=O)=O)n(Nc2cccc(Cl)c2)c1-c1ccccc1. The maximum absolute atomic E-state index is 11.2. The molecular weight excluding hydrogens is 346 g/mol. The van der Waals surface area contributed by atoms with Gasteiger partial charge in [-0.3, -0.25) is 5.43 Å². The molecule has 0 aliphatic heterocycles. The summed E-state index contributed by atoms with van der Waals surface area (Å²) >= 11 is 6.04. The third kappa shape index (κ3) is 3.60. The highest BCUT2D eigenvalue weighted by Gasteiger charge is 2.17. The van der Waals surface area contributed by atoms with Gasteiger partial charge in [0.15, 0.2) is 0 Å². The third-order valence-electron chi connectivity index (χ3n) is 3.50. The Labute approximate surface area is 146 Å². The van der Waals surface area contributed by atoms with E-state index >= 15 is 0 Å². The van der Waals surface area contributed by atoms with Gasteiger partial charge in [0.2, 0.25) is 0 Å². The van der Waals surface area contributed by atoms with Crippen molar-refractivity contribution in [2.24, 2.45) is 0 Å². The third-order valence-corrected chi connectivity index (χ3v) is 4.28. The van der Waals surface area contributed by atoms with Crippen molar-refractivity contribution in [2.75, 3.05) is 5.43 Å². The number of aromatic nitrogens is 2. The molecule has 0 radical (unpaired) electrons. The van der Waals surface area contributed by atoms with E-state index in [1.807, 2.05) is 49.4 Å². The first-order valence-electron chi connectivity index (χ1n) is 7.32. The molecule has 0 bridgehead atoms. The first-order chi connectivity index (χ1) is 11.5. The van der Waals surface area contributed by atoms with Crippen LogP contribution in [0.15, 0.2) is 54.6 Å². The minimum absolute atomic E-state index is 0.142. The molecule has 0 saturated heterocycles. The van der Waals surface area contributed by atoms with Crippen LogP contribution in [-0.4, -0.2) is 18.1 Å². The van der Waals surface area contributed by atoms with Gasteiger partial charge in [-0.1, -0.05) is 48.0 Å². The second kappa shape index (κ2) is 7.07. The van der Waals surface area contributed by atoms with Crippen molar-refractivity contribution in [1.29, 1.82) is 0 Å². The summed E-state index contributed by atoms with van der Waals surface area (Å²) < 4.78 is 24.1. The lowest BCUT2D eigenvalue weighted by Crippen LogP contribution is -2.15. The van der Waals surface area contributed by atoms with Gasteiger partial charge < -0.3 is 0 Å². The van der Waals surface area contributed by atoms with E-state index in [1.54, 1.807) is 16.8 Å². The van der Waals surface area contributed by atoms with Crippen molar-refractivity contribution < 1.29 is 8.42 Å². The van der Waals surface area contributed by atoms with E-state index < -0.39 is 10.7 Å². The Balaban J connectivity index is 2.13. The zero-order valence-corrected chi connectivity index (χ0v) is 14.6. The van der Waals surface area contributed by atoms with Crippen LogP contribution in [0.3, 0.4) is 0 Å². The van der Waals surface area contributed by atoms with Crippen molar-refractivity contribution in [3.63, 3.8) is 0 Å². The van der Waals surface area contributed by atoms with E-state index in [0.29, 0.717) is 10.8 Å². The summed E-state index contributed by atoms with van der Waals surface area (Å²) in [7, 11) is -2.59. The van der Waals surface area contributed by atoms with Gasteiger partial charge in [0.1, 0.15) is 22.3 Å². The normalized spacial score (nSPS) is 11.0. The van der Waals surface area contributed by atoms with Gasteiger partial charge >= 0.3 is 0 Å². The lowest BCUT2D eigenvalue weighted by molar-refractivity contribution is 0.611. The molecular formula is C17H16ClN3O2S. The maximum atomic E-state index is 11.2. The fourth-order valence-electron chi connectivity index (χ4n) is 2.55. The minimum atomic E-state index is -2.59. The Morgan fingerprint density at radius 1 is 1.12 bits per heavy atom. The molecule has 3 aromatic rings. The standard InChI is InChI=1S/C17H16ClN3O2S/c1-12-17(13-6-3-2-4-7-13)21(16(19-12)11-24(22)23)20-15-9-5-8-14(18)10-15/h2-10,20,24H,11H2,1H3. The Morgan fingerprint density at radius 2 is 1.88 bits per heavy atom. The number of imidazole rings is 1. The van der Waals surface area contributed by atoms with Crippen LogP contribution in [0.25, 0.3) is 11.3 Å². The molecule has 1 heterocycles. The van der Waals surface area contributed by atoms with Gasteiger partial charge in [0, 0.05) is 10.6 Å². The zero-order valence-electron chi connectivity index (χ0n) is 12.9. The molecule has 1 aromatic heterocycles. The molecule has 124 valence electrons. The molecule has 1 N–H and O–H groups in total. The molecule has 0 spiro atoms. The van der Waals surface area contributed by atoms with Crippen molar-refractivity contribution in [3.05, 3.63) is 71.1 Å². The number of hydrogen-bond acceptors (Lipinski definition) is 4. The fourth-order valence-corrected chi connectivity index (χ4v) is 3.18. The lowest BCUT2D eigenvalue weighted by Gasteiger charge is -2.14. The van der Waals surface area contributed by atoms with Crippen LogP contribution in [0.1, 0.15) is 11.5 Å². The zero-order chi connectivity index (χ0) is 17.1. The summed E-state index contributed by atoms with van der Waals surface area (Å²) in [5, 5.41) is 0.592. The largest absolute Gasteiger partial charge is 0.293 e. The van der Waals surface area contributed by atoms with E-state index in [-0.39, 0.29) is 5.75 Å². The molecule has 0 aliphatic rings. The lowest BCUT2D eigenvalue weighted by atomic mass is 10.1. The van der Waals surface area contributed by atoms with Crippen LogP contribution in [0.2, 0.25) is 5.02 Å². The highest BCUT2D eigenvalue weighted by Crippen LogP contribution is 2.26. The summed E-state index contributed by atoms with van der Waals surface area (Å²) in [6.07, 6.45) is 0. The number of aryl methyl sites for hydroxylation is 1. The number of anilines is 1. The molecule has 0 unspecified atom stereocenters. The summed E-state index contributed by atoms with van der Waals surface area (Å²) in [5.74, 6) is 0.291. The summed E-state index contributed by atoms with van der Waals surface area (Å²) in [5.41, 5.74) is 6.48. The van der Waals surface area contributed by atoms with E-state index in [9.17, 15) is 8.42 Å². The monoisotopic (exact) mass is 361 g/mol. The Morgan fingerprint density at radius 3 is 2.54 bits per heavy atom. The Bertz CT molecular complexity index is 928. The number of thiol groups is 1. The van der Waals surface area contributed by atoms with Crippen LogP contribution < -0.4 is 5.43 Å². The first kappa shape index (κ1) is 16.5. The van der Waals surface area contributed by atoms with Crippen LogP contribution in [0.4, 0.5) is 5.69 Å². The highest BCUT2D eigenvalue weighted by molar-refractivity contribution is 7.71. The van der Waals surface area contributed by atoms with Gasteiger partial charge in [-0.25, -0.2) is 18.1 Å². The van der Waals surface area contributed by atoms with Crippen LogP contribution in [0, 0.1) is 6.92 Å². The second-order valence-electron chi connectivity index (χ2n) is 5.28. The Hall–Kier alpha value is -2.31. The van der Waals surface area contributed by atoms with Gasteiger partial charge in [0.05, 0.1) is 17.1 Å². The number of benzene rings is 2. The highest BCUT2D eigenvalue weighted by atomic mass is 35.5. The van der Waals surface area contributed by atoms with Gasteiger partial charge in [0.25, 0.3) is 0 Å². The molecule has 0 saturated carbocycles. The number of hydrogen-bond donors (Lipinski definition) is 2. The molecule has 24 heavy (non-hydrogen) atoms. The first-order valence-corrected chi connectivity index (χ1v) is 9.06. The minimum Gasteiger partial charge on any atom is -0.293 e. The molecule has 0 aliphatic carbocycles. The van der Waals surface area contributed by atoms with E-state index in [1.165, 1.54) is 0 Å². The molecule has 3 rings (SSSR count).